The maximum Gasteiger partial charge on any atom is 0.326 e. The first-order chi connectivity index (χ1) is 8.16. The highest BCUT2D eigenvalue weighted by Gasteiger charge is 2.31. The van der Waals surface area contributed by atoms with E-state index in [1.807, 2.05) is 0 Å². The van der Waals surface area contributed by atoms with Crippen molar-refractivity contribution >= 4 is 11.9 Å². The van der Waals surface area contributed by atoms with Crippen LogP contribution in [0.1, 0.15) is 51.4 Å². The van der Waals surface area contributed by atoms with E-state index in [2.05, 4.69) is 5.32 Å². The Hall–Kier alpha value is -1.06. The normalized spacial score (nSPS) is 23.1. The van der Waals surface area contributed by atoms with Crippen molar-refractivity contribution in [2.45, 2.75) is 57.4 Å². The van der Waals surface area contributed by atoms with Gasteiger partial charge in [-0.05, 0) is 25.2 Å². The third kappa shape index (κ3) is 3.72. The Morgan fingerprint density at radius 1 is 1.12 bits per heavy atom. The molecule has 2 aliphatic carbocycles. The molecule has 2 N–H and O–H groups in total. The van der Waals surface area contributed by atoms with Crippen LogP contribution in [0, 0.1) is 11.8 Å². The minimum absolute atomic E-state index is 0.0437. The minimum Gasteiger partial charge on any atom is -0.480 e. The van der Waals surface area contributed by atoms with E-state index in [-0.39, 0.29) is 11.8 Å². The number of rotatable bonds is 5. The summed E-state index contributed by atoms with van der Waals surface area (Å²) in [7, 11) is 0. The largest absolute Gasteiger partial charge is 0.480 e. The van der Waals surface area contributed by atoms with Crippen molar-refractivity contribution in [3.05, 3.63) is 0 Å². The van der Waals surface area contributed by atoms with Crippen molar-refractivity contribution in [2.24, 2.45) is 11.8 Å². The monoisotopic (exact) mass is 239 g/mol. The highest BCUT2D eigenvalue weighted by molar-refractivity contribution is 5.85. The Bertz CT molecular complexity index is 293. The molecule has 2 saturated carbocycles. The van der Waals surface area contributed by atoms with Crippen LogP contribution in [0.25, 0.3) is 0 Å². The summed E-state index contributed by atoms with van der Waals surface area (Å²) in [5, 5.41) is 11.8. The number of amides is 1. The molecule has 0 spiro atoms. The molecule has 4 nitrogen and oxygen atoms in total. The molecule has 0 unspecified atom stereocenters. The van der Waals surface area contributed by atoms with Crippen LogP contribution in [-0.2, 0) is 9.59 Å². The van der Waals surface area contributed by atoms with Crippen LogP contribution in [-0.4, -0.2) is 23.0 Å². The van der Waals surface area contributed by atoms with Crippen molar-refractivity contribution in [1.29, 1.82) is 0 Å². The molecule has 4 heteroatoms. The predicted molar refractivity (Wildman–Crippen MR) is 63.5 cm³/mol. The zero-order valence-electron chi connectivity index (χ0n) is 10.2. The molecule has 2 fully saturated rings. The molecule has 0 bridgehead atoms. The van der Waals surface area contributed by atoms with Crippen LogP contribution in [0.15, 0.2) is 0 Å². The second-order valence-corrected chi connectivity index (χ2v) is 5.41. The quantitative estimate of drug-likeness (QED) is 0.770. The lowest BCUT2D eigenvalue weighted by atomic mass is 9.88. The molecule has 0 aliphatic heterocycles. The van der Waals surface area contributed by atoms with Crippen molar-refractivity contribution in [1.82, 2.24) is 5.32 Å². The number of nitrogens with one attached hydrogen (secondary N) is 1. The topological polar surface area (TPSA) is 66.4 Å². The van der Waals surface area contributed by atoms with Crippen molar-refractivity contribution < 1.29 is 14.7 Å². The van der Waals surface area contributed by atoms with Gasteiger partial charge in [-0.15, -0.1) is 0 Å². The fraction of sp³-hybridized carbons (Fsp3) is 0.846. The Balaban J connectivity index is 1.82. The van der Waals surface area contributed by atoms with E-state index < -0.39 is 12.0 Å². The summed E-state index contributed by atoms with van der Waals surface area (Å²) in [5.41, 5.74) is 0. The van der Waals surface area contributed by atoms with Crippen LogP contribution in [0.5, 0.6) is 0 Å². The van der Waals surface area contributed by atoms with Crippen molar-refractivity contribution in [3.63, 3.8) is 0 Å². The van der Waals surface area contributed by atoms with Gasteiger partial charge in [0, 0.05) is 5.92 Å². The summed E-state index contributed by atoms with van der Waals surface area (Å²) < 4.78 is 0. The molecule has 0 aromatic rings. The van der Waals surface area contributed by atoms with E-state index in [9.17, 15) is 9.59 Å². The number of hydrogen-bond acceptors (Lipinski definition) is 2. The summed E-state index contributed by atoms with van der Waals surface area (Å²) in [4.78, 5) is 23.0. The molecule has 1 amide bonds. The molecule has 96 valence electrons. The van der Waals surface area contributed by atoms with E-state index in [0.29, 0.717) is 12.3 Å². The molecule has 0 aromatic carbocycles. The van der Waals surface area contributed by atoms with Crippen LogP contribution >= 0.6 is 0 Å². The Labute approximate surface area is 102 Å². The Morgan fingerprint density at radius 3 is 2.29 bits per heavy atom. The first-order valence-corrected chi connectivity index (χ1v) is 6.70. The van der Waals surface area contributed by atoms with E-state index in [1.165, 1.54) is 6.42 Å². The lowest BCUT2D eigenvalue weighted by molar-refractivity contribution is -0.143. The molecule has 2 rings (SSSR count). The molecular formula is C13H21NO3. The summed E-state index contributed by atoms with van der Waals surface area (Å²) in [6.45, 7) is 0. The molecule has 0 aromatic heterocycles. The molecule has 0 radical (unpaired) electrons. The number of carbonyl (C=O) groups is 2. The number of aliphatic carboxylic acids is 1. The number of carboxylic acids is 1. The third-order valence-corrected chi connectivity index (χ3v) is 3.86. The molecule has 1 atom stereocenters. The van der Waals surface area contributed by atoms with E-state index >= 15 is 0 Å². The van der Waals surface area contributed by atoms with Gasteiger partial charge in [0.25, 0.3) is 0 Å². The van der Waals surface area contributed by atoms with Gasteiger partial charge in [0.15, 0.2) is 0 Å². The summed E-state index contributed by atoms with van der Waals surface area (Å²) >= 11 is 0. The number of carboxylic acid groups (broad SMARTS) is 1. The van der Waals surface area contributed by atoms with Gasteiger partial charge in [0.05, 0.1) is 0 Å². The minimum atomic E-state index is -0.888. The maximum atomic E-state index is 11.9. The maximum absolute atomic E-state index is 11.9. The summed E-state index contributed by atoms with van der Waals surface area (Å²) in [6.07, 6.45) is 8.06. The lowest BCUT2D eigenvalue weighted by Gasteiger charge is -2.23. The van der Waals surface area contributed by atoms with Crippen LogP contribution < -0.4 is 5.32 Å². The van der Waals surface area contributed by atoms with Gasteiger partial charge in [0.2, 0.25) is 5.91 Å². The SMILES string of the molecule is O=C(N[C@H](CC1CC1)C(=O)O)C1CCCCC1. The molecule has 0 heterocycles. The van der Waals surface area contributed by atoms with Crippen LogP contribution in [0.2, 0.25) is 0 Å². The van der Waals surface area contributed by atoms with Crippen molar-refractivity contribution in [3.8, 4) is 0 Å². The van der Waals surface area contributed by atoms with Gasteiger partial charge in [-0.1, -0.05) is 32.1 Å². The highest BCUT2D eigenvalue weighted by atomic mass is 16.4. The lowest BCUT2D eigenvalue weighted by Crippen LogP contribution is -2.44. The smallest absolute Gasteiger partial charge is 0.326 e. The molecule has 2 aliphatic rings. The highest BCUT2D eigenvalue weighted by Crippen LogP contribution is 2.33. The number of carbonyl (C=O) groups excluding carboxylic acids is 1. The summed E-state index contributed by atoms with van der Waals surface area (Å²) in [5.74, 6) is -0.369. The van der Waals surface area contributed by atoms with Crippen LogP contribution in [0.4, 0.5) is 0 Å². The average molecular weight is 239 g/mol. The third-order valence-electron chi connectivity index (χ3n) is 3.86. The van der Waals surface area contributed by atoms with Crippen molar-refractivity contribution in [2.75, 3.05) is 0 Å². The zero-order chi connectivity index (χ0) is 12.3. The molecular weight excluding hydrogens is 218 g/mol. The summed E-state index contributed by atoms with van der Waals surface area (Å²) in [6, 6.07) is -0.670. The van der Waals surface area contributed by atoms with E-state index in [0.717, 1.165) is 38.5 Å². The van der Waals surface area contributed by atoms with Gasteiger partial charge in [-0.25, -0.2) is 4.79 Å². The second-order valence-electron chi connectivity index (χ2n) is 5.41. The second kappa shape index (κ2) is 5.52. The fourth-order valence-corrected chi connectivity index (χ4v) is 2.56. The van der Waals surface area contributed by atoms with Gasteiger partial charge in [-0.3, -0.25) is 4.79 Å². The number of hydrogen-bond donors (Lipinski definition) is 2. The fourth-order valence-electron chi connectivity index (χ4n) is 2.56. The van der Waals surface area contributed by atoms with Gasteiger partial charge >= 0.3 is 5.97 Å². The molecule has 0 saturated heterocycles. The average Bonchev–Trinajstić information content (AvgIpc) is 3.13. The Kier molecular flexibility index (Phi) is 4.02. The first kappa shape index (κ1) is 12.4. The Morgan fingerprint density at radius 2 is 1.76 bits per heavy atom. The van der Waals surface area contributed by atoms with Gasteiger partial charge in [-0.2, -0.15) is 0 Å². The zero-order valence-corrected chi connectivity index (χ0v) is 10.2. The molecule has 17 heavy (non-hydrogen) atoms. The van der Waals surface area contributed by atoms with Crippen LogP contribution in [0.3, 0.4) is 0 Å². The standard InChI is InChI=1S/C13H21NO3/c15-12(10-4-2-1-3-5-10)14-11(13(16)17)8-9-6-7-9/h9-11H,1-8H2,(H,14,15)(H,16,17)/t11-/m1/s1. The van der Waals surface area contributed by atoms with Gasteiger partial charge < -0.3 is 10.4 Å². The van der Waals surface area contributed by atoms with E-state index in [1.54, 1.807) is 0 Å². The first-order valence-electron chi connectivity index (χ1n) is 6.70. The van der Waals surface area contributed by atoms with Gasteiger partial charge in [0.1, 0.15) is 6.04 Å². The predicted octanol–water partition coefficient (Wildman–Crippen LogP) is 1.94. The van der Waals surface area contributed by atoms with E-state index in [4.69, 9.17) is 5.11 Å².